The van der Waals surface area contributed by atoms with Crippen LogP contribution < -0.4 is 10.7 Å². The monoisotopic (exact) mass is 1140 g/mol. The molecule has 2 aromatic rings. The number of rotatable bonds is 17. The highest BCUT2D eigenvalue weighted by Crippen LogP contribution is 2.45. The third-order valence-corrected chi connectivity index (χ3v) is 19.7. The quantitative estimate of drug-likeness (QED) is 0.0646. The summed E-state index contributed by atoms with van der Waals surface area (Å²) in [5, 5.41) is 48.4. The molecule has 4 fully saturated rings. The summed E-state index contributed by atoms with van der Waals surface area (Å²) in [6.07, 6.45) is -6.98. The van der Waals surface area contributed by atoms with Crippen molar-refractivity contribution >= 4 is 50.5 Å². The van der Waals surface area contributed by atoms with E-state index in [0.29, 0.717) is 24.1 Å². The molecule has 21 nitrogen and oxygen atoms in total. The lowest BCUT2D eigenvalue weighted by Gasteiger charge is -2.51. The second-order valence-electron chi connectivity index (χ2n) is 23.4. The minimum Gasteiger partial charge on any atom is -0.477 e. The number of pyridine rings is 1. The summed E-state index contributed by atoms with van der Waals surface area (Å²) in [6, 6.07) is 3.45. The largest absolute Gasteiger partial charge is 0.477 e. The van der Waals surface area contributed by atoms with Gasteiger partial charge in [-0.15, -0.1) is 11.8 Å². The third-order valence-electron chi connectivity index (χ3n) is 17.5. The molecule has 0 spiro atoms. The number of carboxylic acids is 1. The van der Waals surface area contributed by atoms with Crippen molar-refractivity contribution in [3.05, 3.63) is 39.7 Å². The van der Waals surface area contributed by atoms with E-state index in [2.05, 4.69) is 5.32 Å². The minimum atomic E-state index is -4.21. The van der Waals surface area contributed by atoms with E-state index in [-0.39, 0.29) is 67.5 Å². The molecule has 78 heavy (non-hydrogen) atoms. The fraction of sp³-hybridized carbons (Fsp3) is 0.782. The van der Waals surface area contributed by atoms with E-state index in [9.17, 15) is 48.0 Å². The summed E-state index contributed by atoms with van der Waals surface area (Å²) < 4.78 is 80.1. The van der Waals surface area contributed by atoms with Gasteiger partial charge in [-0.25, -0.2) is 4.79 Å². The number of hydrogen-bond acceptors (Lipinski definition) is 20. The zero-order chi connectivity index (χ0) is 57.6. The highest BCUT2D eigenvalue weighted by atomic mass is 32.2. The number of ether oxygens (including phenoxy) is 7. The molecule has 1 aromatic carbocycles. The molecule has 1 saturated carbocycles. The Morgan fingerprint density at radius 2 is 1.60 bits per heavy atom. The molecular formula is C55H85N3O18S2. The first-order valence-electron chi connectivity index (χ1n) is 27.4. The number of Topliss-reactive ketones (excluding diaryl/α,β-unsaturated/α-hetero) is 1. The van der Waals surface area contributed by atoms with Crippen molar-refractivity contribution in [3.63, 3.8) is 0 Å². The maximum absolute atomic E-state index is 14.5. The van der Waals surface area contributed by atoms with Gasteiger partial charge in [0, 0.05) is 85.8 Å². The lowest BCUT2D eigenvalue weighted by atomic mass is 9.67. The van der Waals surface area contributed by atoms with E-state index in [1.807, 2.05) is 43.5 Å². The fourth-order valence-electron chi connectivity index (χ4n) is 12.5. The molecule has 5 heterocycles. The van der Waals surface area contributed by atoms with Crippen LogP contribution in [0.25, 0.3) is 10.9 Å². The van der Waals surface area contributed by atoms with Crippen LogP contribution in [-0.2, 0) is 63.5 Å². The summed E-state index contributed by atoms with van der Waals surface area (Å²) >= 11 is 1.47. The van der Waals surface area contributed by atoms with E-state index >= 15 is 0 Å². The molecule has 7 rings (SSSR count). The Morgan fingerprint density at radius 1 is 0.923 bits per heavy atom. The molecule has 1 aromatic heterocycles. The van der Waals surface area contributed by atoms with Gasteiger partial charge in [-0.2, -0.15) is 8.42 Å². The van der Waals surface area contributed by atoms with Crippen LogP contribution in [0.4, 0.5) is 0 Å². The number of nitrogens with one attached hydrogen (secondary N) is 1. The van der Waals surface area contributed by atoms with Crippen LogP contribution in [0.3, 0.4) is 0 Å². The second kappa shape index (κ2) is 24.8. The minimum absolute atomic E-state index is 0.0427. The predicted molar refractivity (Wildman–Crippen MR) is 289 cm³/mol. The molecule has 3 saturated heterocycles. The normalized spacial score (nSPS) is 39.0. The van der Waals surface area contributed by atoms with Crippen molar-refractivity contribution in [3.8, 4) is 0 Å². The number of carbonyl (C=O) groups is 3. The molecule has 4 aliphatic heterocycles. The molecule has 440 valence electrons. The van der Waals surface area contributed by atoms with Crippen molar-refractivity contribution < 1.29 is 80.6 Å². The van der Waals surface area contributed by atoms with Crippen molar-refractivity contribution in [1.29, 1.82) is 0 Å². The van der Waals surface area contributed by atoms with Gasteiger partial charge >= 0.3 is 11.9 Å². The summed E-state index contributed by atoms with van der Waals surface area (Å²) in [7, 11) is 2.40. The number of hydrogen-bond donors (Lipinski definition) is 5. The van der Waals surface area contributed by atoms with Crippen molar-refractivity contribution in [2.24, 2.45) is 23.7 Å². The number of carbonyl (C=O) groups excluding carboxylic acids is 2. The van der Waals surface area contributed by atoms with Crippen LogP contribution in [0.2, 0.25) is 0 Å². The summed E-state index contributed by atoms with van der Waals surface area (Å²) in [6.45, 7) is 16.1. The number of methoxy groups -OCH3 is 2. The molecule has 0 radical (unpaired) electrons. The number of aliphatic hydroxyl groups excluding tert-OH is 2. The van der Waals surface area contributed by atoms with E-state index in [0.717, 1.165) is 28.8 Å². The average Bonchev–Trinajstić information content (AvgIpc) is 3.47. The number of aromatic nitrogens is 1. The van der Waals surface area contributed by atoms with Crippen LogP contribution in [0.1, 0.15) is 123 Å². The summed E-state index contributed by atoms with van der Waals surface area (Å²) in [5.41, 5.74) is -3.63. The Hall–Kier alpha value is -3.14. The number of aryl methyl sites for hydroxylation is 1. The van der Waals surface area contributed by atoms with Crippen LogP contribution in [0.15, 0.2) is 28.0 Å². The standard InChI is InChI=1S/C55H85N3O18S2/c1-28-25-53(8,69-12)48(75-52-45(61)39(57(10)11)22-30(3)71-52)32(5)46(33(6)51(65)73-40-16-17-55(40,66)47(62)31(4)43(28)59)74-41-26-54(9,70-13)49(34(7)72-41)76-78(67,68)21-19-56-18-20-77-36-23-35-15-14-29(2)58-27-38(50(63)64)44(60)37(24-36)42(35)58/h23-24,27-34,39-41,45-49,52,56,61-62,66H,14-22,25-26H2,1-13H3,(H,63,64)/t28-,29?,30-,31-,32+,33-,34+,39+,40-,41+,45-,46+,47-,48-,49+,52+,53-,54-,55-/m1/s1. The predicted octanol–water partition coefficient (Wildman–Crippen LogP) is 4.06. The van der Waals surface area contributed by atoms with Crippen LogP contribution >= 0.6 is 11.8 Å². The summed E-state index contributed by atoms with van der Waals surface area (Å²) in [4.78, 5) is 56.5. The van der Waals surface area contributed by atoms with Gasteiger partial charge in [0.2, 0.25) is 5.43 Å². The molecule has 23 heteroatoms. The van der Waals surface area contributed by atoms with Gasteiger partial charge in [-0.05, 0) is 112 Å². The van der Waals surface area contributed by atoms with Gasteiger partial charge in [0.05, 0.1) is 58.9 Å². The Bertz CT molecular complexity index is 2660. The molecule has 5 N–H and O–H groups in total. The van der Waals surface area contributed by atoms with Crippen molar-refractivity contribution in [2.45, 2.75) is 202 Å². The number of aliphatic hydroxyl groups is 3. The zero-order valence-electron chi connectivity index (χ0n) is 47.5. The third kappa shape index (κ3) is 12.9. The highest BCUT2D eigenvalue weighted by molar-refractivity contribution is 7.99. The number of fused-ring (bicyclic) bond motifs is 1. The van der Waals surface area contributed by atoms with Crippen LogP contribution in [0, 0.1) is 23.7 Å². The van der Waals surface area contributed by atoms with Crippen LogP contribution in [-0.4, -0.2) is 193 Å². The first-order chi connectivity index (χ1) is 36.5. The lowest BCUT2D eigenvalue weighted by molar-refractivity contribution is -0.318. The number of benzene rings is 1. The molecule has 1 unspecified atom stereocenters. The van der Waals surface area contributed by atoms with Gasteiger partial charge in [-0.3, -0.25) is 18.6 Å². The number of ketones is 1. The maximum atomic E-state index is 14.5. The zero-order valence-corrected chi connectivity index (χ0v) is 49.1. The lowest BCUT2D eigenvalue weighted by Crippen LogP contribution is -2.65. The molecular weight excluding hydrogens is 1050 g/mol. The maximum Gasteiger partial charge on any atom is 0.341 e. The Balaban J connectivity index is 1.07. The SMILES string of the molecule is CO[C@]1(C)C[C@@H](C)C(=O)[C@@H](C)[C@@H](O)[C@@]2(O)CC[C@H]2OC(=O)[C@H](C)[C@@H](O[C@H]2C[C@@](C)(OC)[C@@H](OS(=O)(=O)CCNCCSc3cc4c5c(c3)c(=O)c(C(=O)O)cn5C(C)CC4)[C@H](C)O2)[C@H](C)[C@H]1O[C@@H]1O[C@H](C)C[C@H](N(C)C)[C@H]1O. The molecule has 0 bridgehead atoms. The molecule has 19 atom stereocenters. The number of likely N-dealkylation sites (N-methyl/N-ethyl adjacent to an activating group) is 1. The Kier molecular flexibility index (Phi) is 19.8. The first kappa shape index (κ1) is 62.5. The van der Waals surface area contributed by atoms with E-state index in [1.54, 1.807) is 54.5 Å². The molecule has 1 aliphatic carbocycles. The van der Waals surface area contributed by atoms with Crippen molar-refractivity contribution in [2.75, 3.05) is 52.9 Å². The van der Waals surface area contributed by atoms with Gasteiger partial charge in [0.25, 0.3) is 10.1 Å². The first-order valence-corrected chi connectivity index (χ1v) is 30.0. The topological polar surface area (TPSA) is 277 Å². The Morgan fingerprint density at radius 3 is 2.23 bits per heavy atom. The number of carboxylic acid groups (broad SMARTS) is 1. The number of esters is 1. The number of thioether (sulfide) groups is 1. The van der Waals surface area contributed by atoms with Gasteiger partial charge < -0.3 is 68.4 Å². The van der Waals surface area contributed by atoms with Crippen molar-refractivity contribution in [1.82, 2.24) is 14.8 Å². The number of aromatic carboxylic acids is 1. The van der Waals surface area contributed by atoms with E-state index < -0.39 is 123 Å². The Labute approximate surface area is 462 Å². The van der Waals surface area contributed by atoms with Gasteiger partial charge in [0.15, 0.2) is 12.6 Å². The fourth-order valence-corrected chi connectivity index (χ4v) is 14.6. The van der Waals surface area contributed by atoms with Crippen LogP contribution in [0.5, 0.6) is 0 Å². The van der Waals surface area contributed by atoms with E-state index in [1.165, 1.54) is 32.2 Å². The van der Waals surface area contributed by atoms with E-state index in [4.69, 9.17) is 37.3 Å². The second-order valence-corrected chi connectivity index (χ2v) is 26.3. The summed E-state index contributed by atoms with van der Waals surface area (Å²) in [5.74, 6) is -5.99. The highest BCUT2D eigenvalue weighted by Gasteiger charge is 2.58. The van der Waals surface area contributed by atoms with Gasteiger partial charge in [-0.1, -0.05) is 20.8 Å². The molecule has 0 amide bonds. The average molecular weight is 1140 g/mol. The molecule has 5 aliphatic rings. The van der Waals surface area contributed by atoms with Gasteiger partial charge in [0.1, 0.15) is 35.3 Å². The number of nitrogens with zero attached hydrogens (tertiary/aromatic N) is 2. The smallest absolute Gasteiger partial charge is 0.341 e.